The normalized spacial score (nSPS) is 21.1. The van der Waals surface area contributed by atoms with Gasteiger partial charge >= 0.3 is 0 Å². The molecule has 1 fully saturated rings. The van der Waals surface area contributed by atoms with Gasteiger partial charge in [-0.25, -0.2) is 4.39 Å². The van der Waals surface area contributed by atoms with Gasteiger partial charge in [0.25, 0.3) is 0 Å². The fourth-order valence-electron chi connectivity index (χ4n) is 3.62. The molecule has 0 aliphatic carbocycles. The highest BCUT2D eigenvalue weighted by atomic mass is 19.1. The summed E-state index contributed by atoms with van der Waals surface area (Å²) in [4.78, 5) is 26.8. The number of benzene rings is 1. The Labute approximate surface area is 149 Å². The second-order valence-corrected chi connectivity index (χ2v) is 8.32. The second kappa shape index (κ2) is 7.98. The molecule has 138 valence electrons. The standard InChI is InChI=1S/C20H29FN2O2/c1-14-9-15(2)13-23(12-14)19(25)11-20(3,4)10-18(24)22-17-7-5-16(21)6-8-17/h5-8,14-15H,9-13H2,1-4H3,(H,22,24)/t14-,15-/m0/s1. The van der Waals surface area contributed by atoms with E-state index in [1.54, 1.807) is 0 Å². The van der Waals surface area contributed by atoms with E-state index in [1.807, 2.05) is 18.7 Å². The maximum Gasteiger partial charge on any atom is 0.224 e. The average Bonchev–Trinajstić information content (AvgIpc) is 2.47. The number of rotatable bonds is 5. The van der Waals surface area contributed by atoms with Crippen LogP contribution >= 0.6 is 0 Å². The summed E-state index contributed by atoms with van der Waals surface area (Å²) in [5.74, 6) is 0.673. The Balaban J connectivity index is 1.88. The lowest BCUT2D eigenvalue weighted by Gasteiger charge is -2.37. The Hall–Kier alpha value is -1.91. The van der Waals surface area contributed by atoms with Gasteiger partial charge in [0, 0.05) is 31.6 Å². The van der Waals surface area contributed by atoms with Crippen LogP contribution in [-0.4, -0.2) is 29.8 Å². The molecule has 2 atom stereocenters. The molecule has 0 bridgehead atoms. The van der Waals surface area contributed by atoms with Gasteiger partial charge in [-0.05, 0) is 47.9 Å². The first-order valence-electron chi connectivity index (χ1n) is 8.98. The highest BCUT2D eigenvalue weighted by Gasteiger charge is 2.31. The second-order valence-electron chi connectivity index (χ2n) is 8.32. The Morgan fingerprint density at radius 1 is 1.12 bits per heavy atom. The largest absolute Gasteiger partial charge is 0.342 e. The summed E-state index contributed by atoms with van der Waals surface area (Å²) in [5, 5.41) is 2.76. The maximum absolute atomic E-state index is 12.9. The lowest BCUT2D eigenvalue weighted by Crippen LogP contribution is -2.44. The molecule has 5 heteroatoms. The van der Waals surface area contributed by atoms with E-state index in [1.165, 1.54) is 24.3 Å². The van der Waals surface area contributed by atoms with Crippen molar-refractivity contribution in [1.82, 2.24) is 4.90 Å². The van der Waals surface area contributed by atoms with Crippen molar-refractivity contribution >= 4 is 17.5 Å². The van der Waals surface area contributed by atoms with Crippen molar-refractivity contribution in [2.24, 2.45) is 17.3 Å². The zero-order valence-electron chi connectivity index (χ0n) is 15.6. The van der Waals surface area contributed by atoms with E-state index in [9.17, 15) is 14.0 Å². The molecule has 1 heterocycles. The number of hydrogen-bond acceptors (Lipinski definition) is 2. The molecule has 0 spiro atoms. The average molecular weight is 348 g/mol. The molecule has 4 nitrogen and oxygen atoms in total. The van der Waals surface area contributed by atoms with Gasteiger partial charge in [-0.1, -0.05) is 27.7 Å². The van der Waals surface area contributed by atoms with Crippen molar-refractivity contribution in [3.05, 3.63) is 30.1 Å². The number of halogens is 1. The molecule has 25 heavy (non-hydrogen) atoms. The molecular weight excluding hydrogens is 319 g/mol. The van der Waals surface area contributed by atoms with Crippen molar-refractivity contribution in [2.45, 2.75) is 47.0 Å². The predicted octanol–water partition coefficient (Wildman–Crippen LogP) is 4.08. The van der Waals surface area contributed by atoms with E-state index in [-0.39, 0.29) is 24.1 Å². The van der Waals surface area contributed by atoms with E-state index in [0.717, 1.165) is 19.5 Å². The number of carbonyl (C=O) groups excluding carboxylic acids is 2. The molecule has 0 radical (unpaired) electrons. The molecule has 1 aliphatic rings. The maximum atomic E-state index is 12.9. The van der Waals surface area contributed by atoms with Crippen molar-refractivity contribution in [2.75, 3.05) is 18.4 Å². The summed E-state index contributed by atoms with van der Waals surface area (Å²) >= 11 is 0. The van der Waals surface area contributed by atoms with Gasteiger partial charge in [-0.2, -0.15) is 0 Å². The number of likely N-dealkylation sites (tertiary alicyclic amines) is 1. The van der Waals surface area contributed by atoms with E-state index >= 15 is 0 Å². The number of hydrogen-bond donors (Lipinski definition) is 1. The van der Waals surface area contributed by atoms with Crippen LogP contribution in [0.1, 0.15) is 47.0 Å². The van der Waals surface area contributed by atoms with Gasteiger partial charge < -0.3 is 10.2 Å². The summed E-state index contributed by atoms with van der Waals surface area (Å²) in [6.45, 7) is 9.84. The van der Waals surface area contributed by atoms with Gasteiger partial charge in [-0.3, -0.25) is 9.59 Å². The molecule has 2 amide bonds. The van der Waals surface area contributed by atoms with Crippen LogP contribution in [0.15, 0.2) is 24.3 Å². The molecule has 0 saturated carbocycles. The van der Waals surface area contributed by atoms with Gasteiger partial charge in [0.15, 0.2) is 0 Å². The van der Waals surface area contributed by atoms with Crippen molar-refractivity contribution in [1.29, 1.82) is 0 Å². The third kappa shape index (κ3) is 6.15. The zero-order chi connectivity index (χ0) is 18.6. The lowest BCUT2D eigenvalue weighted by atomic mass is 9.83. The monoisotopic (exact) mass is 348 g/mol. The smallest absolute Gasteiger partial charge is 0.224 e. The van der Waals surface area contributed by atoms with Crippen LogP contribution in [0, 0.1) is 23.1 Å². The third-order valence-electron chi connectivity index (χ3n) is 4.62. The van der Waals surface area contributed by atoms with Crippen molar-refractivity contribution in [3.8, 4) is 0 Å². The van der Waals surface area contributed by atoms with Crippen LogP contribution in [0.2, 0.25) is 0 Å². The molecule has 1 N–H and O–H groups in total. The first kappa shape index (κ1) is 19.4. The van der Waals surface area contributed by atoms with E-state index in [0.29, 0.717) is 23.9 Å². The predicted molar refractivity (Wildman–Crippen MR) is 97.6 cm³/mol. The van der Waals surface area contributed by atoms with Crippen LogP contribution in [0.3, 0.4) is 0 Å². The Morgan fingerprint density at radius 3 is 2.24 bits per heavy atom. The van der Waals surface area contributed by atoms with E-state index in [2.05, 4.69) is 19.2 Å². The highest BCUT2D eigenvalue weighted by molar-refractivity contribution is 5.91. The molecule has 0 aromatic heterocycles. The number of piperidine rings is 1. The number of nitrogens with zero attached hydrogens (tertiary/aromatic N) is 1. The SMILES string of the molecule is C[C@H]1C[C@H](C)CN(C(=O)CC(C)(C)CC(=O)Nc2ccc(F)cc2)C1. The molecule has 2 rings (SSSR count). The van der Waals surface area contributed by atoms with E-state index < -0.39 is 5.41 Å². The Morgan fingerprint density at radius 2 is 1.68 bits per heavy atom. The third-order valence-corrected chi connectivity index (χ3v) is 4.62. The lowest BCUT2D eigenvalue weighted by molar-refractivity contribution is -0.136. The molecule has 0 unspecified atom stereocenters. The van der Waals surface area contributed by atoms with Crippen molar-refractivity contribution < 1.29 is 14.0 Å². The molecule has 1 aromatic rings. The topological polar surface area (TPSA) is 49.4 Å². The minimum absolute atomic E-state index is 0.123. The highest BCUT2D eigenvalue weighted by Crippen LogP contribution is 2.29. The van der Waals surface area contributed by atoms with Crippen LogP contribution in [-0.2, 0) is 9.59 Å². The number of anilines is 1. The first-order valence-corrected chi connectivity index (χ1v) is 8.98. The molecular formula is C20H29FN2O2. The minimum atomic E-state index is -0.425. The van der Waals surface area contributed by atoms with Gasteiger partial charge in [-0.15, -0.1) is 0 Å². The Kier molecular flexibility index (Phi) is 6.20. The van der Waals surface area contributed by atoms with Crippen molar-refractivity contribution in [3.63, 3.8) is 0 Å². The molecule has 1 saturated heterocycles. The van der Waals surface area contributed by atoms with E-state index in [4.69, 9.17) is 0 Å². The zero-order valence-corrected chi connectivity index (χ0v) is 15.6. The molecule has 1 aromatic carbocycles. The Bertz CT molecular complexity index is 603. The molecule has 1 aliphatic heterocycles. The number of amides is 2. The fraction of sp³-hybridized carbons (Fsp3) is 0.600. The van der Waals surface area contributed by atoms with Gasteiger partial charge in [0.1, 0.15) is 5.82 Å². The van der Waals surface area contributed by atoms with Crippen LogP contribution in [0.5, 0.6) is 0 Å². The fourth-order valence-corrected chi connectivity index (χ4v) is 3.62. The van der Waals surface area contributed by atoms with Gasteiger partial charge in [0.05, 0.1) is 0 Å². The number of carbonyl (C=O) groups is 2. The summed E-state index contributed by atoms with van der Waals surface area (Å²) in [6, 6.07) is 5.68. The summed E-state index contributed by atoms with van der Waals surface area (Å²) in [7, 11) is 0. The first-order chi connectivity index (χ1) is 11.6. The minimum Gasteiger partial charge on any atom is -0.342 e. The quantitative estimate of drug-likeness (QED) is 0.872. The van der Waals surface area contributed by atoms with Crippen LogP contribution in [0.4, 0.5) is 10.1 Å². The van der Waals surface area contributed by atoms with Crippen LogP contribution in [0.25, 0.3) is 0 Å². The van der Waals surface area contributed by atoms with Crippen LogP contribution < -0.4 is 5.32 Å². The summed E-state index contributed by atoms with van der Waals surface area (Å²) in [5.41, 5.74) is 0.137. The summed E-state index contributed by atoms with van der Waals surface area (Å²) < 4.78 is 12.9. The van der Waals surface area contributed by atoms with Gasteiger partial charge in [0.2, 0.25) is 11.8 Å². The summed E-state index contributed by atoms with van der Waals surface area (Å²) in [6.07, 6.45) is 1.76. The number of nitrogens with one attached hydrogen (secondary N) is 1.